The zero-order chi connectivity index (χ0) is 23.2. The second-order valence-corrected chi connectivity index (χ2v) is 9.54. The molecule has 0 saturated heterocycles. The summed E-state index contributed by atoms with van der Waals surface area (Å²) in [5.41, 5.74) is -0.301. The summed E-state index contributed by atoms with van der Waals surface area (Å²) in [7, 11) is 0. The second-order valence-electron chi connectivity index (χ2n) is 8.70. The number of benzene rings is 1. The van der Waals surface area contributed by atoms with Gasteiger partial charge in [0.2, 0.25) is 5.91 Å². The molecule has 2 amide bonds. The van der Waals surface area contributed by atoms with Crippen molar-refractivity contribution in [2.24, 2.45) is 5.41 Å². The van der Waals surface area contributed by atoms with Gasteiger partial charge in [0.15, 0.2) is 0 Å². The minimum absolute atomic E-state index is 0.264. The molecule has 1 heterocycles. The van der Waals surface area contributed by atoms with E-state index in [9.17, 15) is 9.59 Å². The van der Waals surface area contributed by atoms with Crippen LogP contribution in [-0.2, 0) is 4.79 Å². The maximum absolute atomic E-state index is 13.2. The first-order valence-electron chi connectivity index (χ1n) is 10.1. The van der Waals surface area contributed by atoms with Gasteiger partial charge in [0.1, 0.15) is 11.2 Å². The van der Waals surface area contributed by atoms with E-state index in [1.807, 2.05) is 45.9 Å². The van der Waals surface area contributed by atoms with Gasteiger partial charge in [-0.05, 0) is 48.6 Å². The number of carbonyl (C=O) groups is 2. The first-order valence-corrected chi connectivity index (χ1v) is 10.9. The van der Waals surface area contributed by atoms with Crippen molar-refractivity contribution in [1.29, 1.82) is 0 Å². The smallest absolute Gasteiger partial charge is 0.270 e. The molecular weight excluding hydrogens is 433 g/mol. The molecule has 7 heteroatoms. The molecule has 0 radical (unpaired) electrons. The third-order valence-electron chi connectivity index (χ3n) is 5.15. The summed E-state index contributed by atoms with van der Waals surface area (Å²) < 4.78 is 0. The zero-order valence-corrected chi connectivity index (χ0v) is 20.0. The maximum Gasteiger partial charge on any atom is 0.270 e. The highest BCUT2D eigenvalue weighted by Gasteiger charge is 2.36. The molecule has 2 aromatic rings. The summed E-state index contributed by atoms with van der Waals surface area (Å²) in [6.07, 6.45) is 5.73. The Morgan fingerprint density at radius 3 is 2.39 bits per heavy atom. The van der Waals surface area contributed by atoms with Crippen LogP contribution in [0.1, 0.15) is 57.1 Å². The number of aromatic nitrogens is 1. The van der Waals surface area contributed by atoms with Crippen LogP contribution in [0.25, 0.3) is 6.08 Å². The summed E-state index contributed by atoms with van der Waals surface area (Å²) in [5.74, 6) is -0.665. The fourth-order valence-corrected chi connectivity index (χ4v) is 3.28. The lowest BCUT2D eigenvalue weighted by atomic mass is 9.85. The summed E-state index contributed by atoms with van der Waals surface area (Å²) >= 11 is 12.2. The summed E-state index contributed by atoms with van der Waals surface area (Å²) in [5, 5.41) is 7.00. The Balaban J connectivity index is 2.21. The van der Waals surface area contributed by atoms with Crippen molar-refractivity contribution < 1.29 is 9.59 Å². The van der Waals surface area contributed by atoms with E-state index in [-0.39, 0.29) is 23.1 Å². The highest BCUT2D eigenvalue weighted by Crippen LogP contribution is 2.26. The van der Waals surface area contributed by atoms with E-state index < -0.39 is 11.4 Å². The largest absolute Gasteiger partial charge is 0.347 e. The van der Waals surface area contributed by atoms with Crippen molar-refractivity contribution in [3.05, 3.63) is 70.0 Å². The van der Waals surface area contributed by atoms with Crippen molar-refractivity contribution in [3.63, 3.8) is 0 Å². The predicted octanol–water partition coefficient (Wildman–Crippen LogP) is 5.53. The van der Waals surface area contributed by atoms with Gasteiger partial charge in [-0.3, -0.25) is 14.6 Å². The first kappa shape index (κ1) is 24.9. The van der Waals surface area contributed by atoms with Gasteiger partial charge < -0.3 is 10.6 Å². The molecule has 0 bridgehead atoms. The Kier molecular flexibility index (Phi) is 8.27. The van der Waals surface area contributed by atoms with Crippen LogP contribution in [-0.4, -0.2) is 28.4 Å². The first-order chi connectivity index (χ1) is 14.5. The lowest BCUT2D eigenvalue weighted by Gasteiger charge is -2.34. The average Bonchev–Trinajstić information content (AvgIpc) is 2.71. The Bertz CT molecular complexity index is 955. The van der Waals surface area contributed by atoms with Gasteiger partial charge in [0.25, 0.3) is 5.91 Å². The van der Waals surface area contributed by atoms with Crippen LogP contribution >= 0.6 is 23.2 Å². The Morgan fingerprint density at radius 1 is 1.13 bits per heavy atom. The molecule has 5 nitrogen and oxygen atoms in total. The van der Waals surface area contributed by atoms with Gasteiger partial charge in [-0.1, -0.05) is 75.2 Å². The molecule has 2 rings (SSSR count). The van der Waals surface area contributed by atoms with Gasteiger partial charge in [0, 0.05) is 16.2 Å². The van der Waals surface area contributed by atoms with E-state index in [1.165, 1.54) is 0 Å². The Hall–Kier alpha value is -2.37. The second kappa shape index (κ2) is 10.3. The molecule has 31 heavy (non-hydrogen) atoms. The minimum atomic E-state index is -1.09. The highest BCUT2D eigenvalue weighted by atomic mass is 35.5. The fourth-order valence-electron chi connectivity index (χ4n) is 2.81. The fraction of sp³-hybridized carbons (Fsp3) is 0.375. The molecule has 2 N–H and O–H groups in total. The van der Waals surface area contributed by atoms with E-state index in [4.69, 9.17) is 23.2 Å². The lowest BCUT2D eigenvalue weighted by Crippen LogP contribution is -2.59. The van der Waals surface area contributed by atoms with Gasteiger partial charge in [-0.25, -0.2) is 0 Å². The van der Waals surface area contributed by atoms with Crippen LogP contribution in [0.5, 0.6) is 0 Å². The van der Waals surface area contributed by atoms with Crippen LogP contribution in [0.15, 0.2) is 48.7 Å². The number of pyridine rings is 1. The number of halogens is 2. The number of hydrogen-bond donors (Lipinski definition) is 2. The van der Waals surface area contributed by atoms with E-state index >= 15 is 0 Å². The van der Waals surface area contributed by atoms with Gasteiger partial charge in [-0.2, -0.15) is 0 Å². The van der Waals surface area contributed by atoms with Crippen molar-refractivity contribution in [2.75, 3.05) is 0 Å². The molecule has 0 aliphatic carbocycles. The van der Waals surface area contributed by atoms with Gasteiger partial charge in [0.05, 0.1) is 6.04 Å². The average molecular weight is 462 g/mol. The topological polar surface area (TPSA) is 71.1 Å². The molecule has 1 aromatic heterocycles. The molecule has 0 saturated carbocycles. The standard InChI is InChI=1S/C24H29Cl2N3O2/c1-6-24(5,29-21(30)19-9-7-8-14-27-19)22(31)28-20(23(2,3)4)13-11-16-10-12-17(25)15-18(16)26/h7-15,20H,6H2,1-5H3,(H,28,31)(H,29,30)/b13-11+/t20-,24+/m0/s1. The highest BCUT2D eigenvalue weighted by molar-refractivity contribution is 6.35. The quantitative estimate of drug-likeness (QED) is 0.568. The zero-order valence-electron chi connectivity index (χ0n) is 18.5. The van der Waals surface area contributed by atoms with Crippen molar-refractivity contribution in [2.45, 2.75) is 52.6 Å². The van der Waals surface area contributed by atoms with Crippen molar-refractivity contribution in [3.8, 4) is 0 Å². The number of rotatable bonds is 7. The minimum Gasteiger partial charge on any atom is -0.347 e. The third-order valence-corrected chi connectivity index (χ3v) is 5.71. The molecule has 0 fully saturated rings. The molecule has 166 valence electrons. The molecule has 0 unspecified atom stereocenters. The molecule has 1 aromatic carbocycles. The van der Waals surface area contributed by atoms with E-state index in [0.717, 1.165) is 5.56 Å². The Labute approximate surface area is 194 Å². The number of nitrogens with one attached hydrogen (secondary N) is 2. The van der Waals surface area contributed by atoms with E-state index in [1.54, 1.807) is 43.5 Å². The maximum atomic E-state index is 13.2. The van der Waals surface area contributed by atoms with Crippen LogP contribution in [0.2, 0.25) is 10.0 Å². The molecular formula is C24H29Cl2N3O2. The lowest BCUT2D eigenvalue weighted by molar-refractivity contribution is -0.128. The normalized spacial score (nSPS) is 14.7. The van der Waals surface area contributed by atoms with Crippen LogP contribution < -0.4 is 10.6 Å². The Morgan fingerprint density at radius 2 is 1.84 bits per heavy atom. The number of hydrogen-bond acceptors (Lipinski definition) is 3. The number of nitrogens with zero attached hydrogens (tertiary/aromatic N) is 1. The number of amides is 2. The monoisotopic (exact) mass is 461 g/mol. The summed E-state index contributed by atoms with van der Waals surface area (Å²) in [6, 6.07) is 10.0. The van der Waals surface area contributed by atoms with Gasteiger partial charge >= 0.3 is 0 Å². The van der Waals surface area contributed by atoms with Gasteiger partial charge in [-0.15, -0.1) is 0 Å². The predicted molar refractivity (Wildman–Crippen MR) is 127 cm³/mol. The summed E-state index contributed by atoms with van der Waals surface area (Å²) in [6.45, 7) is 9.65. The van der Waals surface area contributed by atoms with Crippen molar-refractivity contribution >= 4 is 41.1 Å². The third kappa shape index (κ3) is 6.81. The van der Waals surface area contributed by atoms with Crippen LogP contribution in [0, 0.1) is 5.41 Å². The number of carbonyl (C=O) groups excluding carboxylic acids is 2. The summed E-state index contributed by atoms with van der Waals surface area (Å²) in [4.78, 5) is 29.9. The van der Waals surface area contributed by atoms with Crippen molar-refractivity contribution in [1.82, 2.24) is 15.6 Å². The van der Waals surface area contributed by atoms with Crippen LogP contribution in [0.4, 0.5) is 0 Å². The molecule has 0 spiro atoms. The molecule has 0 aliphatic rings. The van der Waals surface area contributed by atoms with E-state index in [2.05, 4.69) is 15.6 Å². The molecule has 2 atom stereocenters. The van der Waals surface area contributed by atoms with E-state index in [0.29, 0.717) is 16.5 Å². The van der Waals surface area contributed by atoms with Crippen LogP contribution in [0.3, 0.4) is 0 Å². The SMILES string of the molecule is CC[C@@](C)(NC(=O)c1ccccn1)C(=O)N[C@@H](/C=C/c1ccc(Cl)cc1Cl)C(C)(C)C. The molecule has 0 aliphatic heterocycles.